The Morgan fingerprint density at radius 3 is 2.64 bits per heavy atom. The van der Waals surface area contributed by atoms with Gasteiger partial charge in [0.2, 0.25) is 17.7 Å². The highest BCUT2D eigenvalue weighted by molar-refractivity contribution is 5.91. The van der Waals surface area contributed by atoms with E-state index in [0.29, 0.717) is 25.3 Å². The summed E-state index contributed by atoms with van der Waals surface area (Å²) >= 11 is 0. The first-order valence-electron chi connectivity index (χ1n) is 12.1. The number of hydrogen-bond donors (Lipinski definition) is 3. The molecule has 0 aromatic carbocycles. The van der Waals surface area contributed by atoms with Crippen molar-refractivity contribution in [2.45, 2.75) is 89.4 Å². The summed E-state index contributed by atoms with van der Waals surface area (Å²) in [6.45, 7) is 6.71. The molecule has 2 aliphatic carbocycles. The lowest BCUT2D eigenvalue weighted by molar-refractivity contribution is -0.145. The van der Waals surface area contributed by atoms with E-state index in [0.717, 1.165) is 25.0 Å². The second kappa shape index (κ2) is 7.78. The van der Waals surface area contributed by atoms with Crippen molar-refractivity contribution >= 4 is 17.7 Å². The van der Waals surface area contributed by atoms with Crippen LogP contribution in [0.5, 0.6) is 0 Å². The number of carbonyl (C=O) groups excluding carboxylic acids is 3. The molecule has 1 aromatic heterocycles. The van der Waals surface area contributed by atoms with Gasteiger partial charge in [0.05, 0.1) is 17.2 Å². The van der Waals surface area contributed by atoms with E-state index in [2.05, 4.69) is 20.9 Å². The fourth-order valence-corrected chi connectivity index (χ4v) is 5.71. The largest absolute Gasteiger partial charge is 0.391 e. The third-order valence-corrected chi connectivity index (χ3v) is 7.70. The van der Waals surface area contributed by atoms with Crippen LogP contribution in [0.2, 0.25) is 0 Å². The highest BCUT2D eigenvalue weighted by Gasteiger charge is 2.53. The molecule has 3 unspecified atom stereocenters. The third kappa shape index (κ3) is 4.02. The molecule has 10 nitrogen and oxygen atoms in total. The maximum Gasteiger partial charge on any atom is 0.248 e. The topological polar surface area (TPSA) is 129 Å². The van der Waals surface area contributed by atoms with Gasteiger partial charge in [0.25, 0.3) is 0 Å². The molecule has 1 aromatic rings. The number of nitrogens with one attached hydrogen (secondary N) is 2. The second-order valence-corrected chi connectivity index (χ2v) is 11.5. The van der Waals surface area contributed by atoms with Crippen LogP contribution in [0.25, 0.3) is 0 Å². The molecule has 0 radical (unpaired) electrons. The Bertz CT molecular complexity index is 958. The van der Waals surface area contributed by atoms with Gasteiger partial charge in [-0.2, -0.15) is 0 Å². The summed E-state index contributed by atoms with van der Waals surface area (Å²) in [5.74, 6) is 0.0107. The van der Waals surface area contributed by atoms with Crippen molar-refractivity contribution in [3.8, 4) is 0 Å². The van der Waals surface area contributed by atoms with Crippen LogP contribution < -0.4 is 10.6 Å². The van der Waals surface area contributed by atoms with Gasteiger partial charge in [-0.25, -0.2) is 4.68 Å². The minimum atomic E-state index is -0.753. The number of β-amino-alcohol motifs (C(OH)–C–C–N with tert-alkyl or cyclic N) is 1. The molecule has 2 saturated heterocycles. The number of aromatic nitrogens is 3. The zero-order chi connectivity index (χ0) is 23.5. The Morgan fingerprint density at radius 1 is 1.30 bits per heavy atom. The van der Waals surface area contributed by atoms with Crippen LogP contribution in [0, 0.1) is 10.8 Å². The molecular formula is C23H34N6O4. The van der Waals surface area contributed by atoms with Crippen molar-refractivity contribution in [3.63, 3.8) is 0 Å². The maximum absolute atomic E-state index is 13.8. The number of aliphatic hydroxyl groups is 1. The first-order valence-corrected chi connectivity index (χ1v) is 12.1. The Hall–Kier alpha value is -2.49. The second-order valence-electron chi connectivity index (χ2n) is 11.5. The quantitative estimate of drug-likeness (QED) is 0.589. The van der Waals surface area contributed by atoms with Crippen LogP contribution in [-0.4, -0.2) is 74.0 Å². The number of likely N-dealkylation sites (tertiary alicyclic amines) is 1. The molecule has 1 spiro atoms. The number of hydrogen-bond acceptors (Lipinski definition) is 6. The van der Waals surface area contributed by atoms with Crippen LogP contribution in [0.4, 0.5) is 0 Å². The van der Waals surface area contributed by atoms with Crippen molar-refractivity contribution in [1.29, 1.82) is 0 Å². The molecular weight excluding hydrogens is 424 g/mol. The highest BCUT2D eigenvalue weighted by atomic mass is 16.3. The Morgan fingerprint density at radius 2 is 2.03 bits per heavy atom. The van der Waals surface area contributed by atoms with Crippen LogP contribution >= 0.6 is 0 Å². The van der Waals surface area contributed by atoms with Crippen molar-refractivity contribution in [1.82, 2.24) is 30.5 Å². The number of amides is 3. The molecule has 2 aliphatic heterocycles. The molecule has 3 atom stereocenters. The van der Waals surface area contributed by atoms with Gasteiger partial charge in [-0.1, -0.05) is 26.0 Å². The Labute approximate surface area is 193 Å². The first kappa shape index (κ1) is 22.3. The average molecular weight is 459 g/mol. The SMILES string of the molecule is CC(C)(C)C(C(=O)N1CC(O)CC1C(=O)NC1CC2(CCNC2=O)C1)n1cc(C2CC2)nn1. The monoisotopic (exact) mass is 458 g/mol. The van der Waals surface area contributed by atoms with Crippen molar-refractivity contribution in [2.24, 2.45) is 10.8 Å². The summed E-state index contributed by atoms with van der Waals surface area (Å²) in [7, 11) is 0. The third-order valence-electron chi connectivity index (χ3n) is 7.70. The predicted molar refractivity (Wildman–Crippen MR) is 118 cm³/mol. The van der Waals surface area contributed by atoms with Gasteiger partial charge >= 0.3 is 0 Å². The van der Waals surface area contributed by atoms with Crippen molar-refractivity contribution in [3.05, 3.63) is 11.9 Å². The van der Waals surface area contributed by atoms with Gasteiger partial charge in [-0.3, -0.25) is 14.4 Å². The van der Waals surface area contributed by atoms with E-state index in [9.17, 15) is 19.5 Å². The van der Waals surface area contributed by atoms with Crippen LogP contribution in [0.15, 0.2) is 6.20 Å². The molecule has 180 valence electrons. The minimum absolute atomic E-state index is 0.0764. The van der Waals surface area contributed by atoms with Gasteiger partial charge in [-0.15, -0.1) is 5.10 Å². The zero-order valence-corrected chi connectivity index (χ0v) is 19.6. The number of aliphatic hydroxyl groups excluding tert-OH is 1. The molecule has 2 saturated carbocycles. The van der Waals surface area contributed by atoms with E-state index in [1.165, 1.54) is 4.90 Å². The molecule has 5 rings (SSSR count). The van der Waals surface area contributed by atoms with Crippen LogP contribution in [0.1, 0.15) is 76.9 Å². The molecule has 3 heterocycles. The van der Waals surface area contributed by atoms with E-state index >= 15 is 0 Å². The Kier molecular flexibility index (Phi) is 5.26. The number of carbonyl (C=O) groups is 3. The Balaban J connectivity index is 1.30. The van der Waals surface area contributed by atoms with E-state index in [1.807, 2.05) is 27.0 Å². The molecule has 4 aliphatic rings. The average Bonchev–Trinajstić information content (AvgIpc) is 3.11. The molecule has 4 fully saturated rings. The van der Waals surface area contributed by atoms with Crippen molar-refractivity contribution in [2.75, 3.05) is 13.1 Å². The van der Waals surface area contributed by atoms with E-state index in [1.54, 1.807) is 4.68 Å². The zero-order valence-electron chi connectivity index (χ0n) is 19.6. The normalized spacial score (nSPS) is 32.5. The molecule has 3 N–H and O–H groups in total. The smallest absolute Gasteiger partial charge is 0.248 e. The fourth-order valence-electron chi connectivity index (χ4n) is 5.71. The van der Waals surface area contributed by atoms with E-state index in [4.69, 9.17) is 0 Å². The number of nitrogens with zero attached hydrogens (tertiary/aromatic N) is 4. The molecule has 3 amide bonds. The minimum Gasteiger partial charge on any atom is -0.391 e. The summed E-state index contributed by atoms with van der Waals surface area (Å²) in [6.07, 6.45) is 5.55. The summed E-state index contributed by atoms with van der Waals surface area (Å²) in [5.41, 5.74) is 0.102. The van der Waals surface area contributed by atoms with Crippen molar-refractivity contribution < 1.29 is 19.5 Å². The standard InChI is InChI=1S/C23H34N6O4/c1-22(2,3)18(29-12-16(26-27-29)13-4-5-13)20(32)28-11-15(30)8-17(28)19(31)25-14-9-23(10-14)6-7-24-21(23)33/h12-15,17-18,30H,4-11H2,1-3H3,(H,24,33)(H,25,31). The molecule has 10 heteroatoms. The maximum atomic E-state index is 13.8. The van der Waals surface area contributed by atoms with E-state index in [-0.39, 0.29) is 42.1 Å². The van der Waals surface area contributed by atoms with Gasteiger partial charge < -0.3 is 20.6 Å². The lowest BCUT2D eigenvalue weighted by Crippen LogP contribution is -2.57. The van der Waals surface area contributed by atoms with Crippen LogP contribution in [-0.2, 0) is 14.4 Å². The molecule has 0 bridgehead atoms. The summed E-state index contributed by atoms with van der Waals surface area (Å²) in [6, 6.07) is -1.45. The van der Waals surface area contributed by atoms with Gasteiger partial charge in [0.1, 0.15) is 12.1 Å². The summed E-state index contributed by atoms with van der Waals surface area (Å²) in [5, 5.41) is 24.8. The molecule has 33 heavy (non-hydrogen) atoms. The highest BCUT2D eigenvalue weighted by Crippen LogP contribution is 2.46. The lowest BCUT2D eigenvalue weighted by atomic mass is 9.64. The predicted octanol–water partition coefficient (Wildman–Crippen LogP) is 0.489. The van der Waals surface area contributed by atoms with Crippen LogP contribution in [0.3, 0.4) is 0 Å². The first-order chi connectivity index (χ1) is 15.6. The summed E-state index contributed by atoms with van der Waals surface area (Å²) in [4.78, 5) is 40.5. The lowest BCUT2D eigenvalue weighted by Gasteiger charge is -2.43. The van der Waals surface area contributed by atoms with E-state index < -0.39 is 23.6 Å². The van der Waals surface area contributed by atoms with Gasteiger partial charge in [0.15, 0.2) is 0 Å². The van der Waals surface area contributed by atoms with Gasteiger partial charge in [0, 0.05) is 37.7 Å². The number of rotatable bonds is 5. The summed E-state index contributed by atoms with van der Waals surface area (Å²) < 4.78 is 1.63. The fraction of sp³-hybridized carbons (Fsp3) is 0.783. The van der Waals surface area contributed by atoms with Gasteiger partial charge in [-0.05, 0) is 37.5 Å².